The van der Waals surface area contributed by atoms with E-state index in [4.69, 9.17) is 10.2 Å². The Balaban J connectivity index is 1.61. The highest BCUT2D eigenvalue weighted by Gasteiger charge is 2.40. The summed E-state index contributed by atoms with van der Waals surface area (Å²) in [5.74, 6) is 1.20. The molecule has 5 nitrogen and oxygen atoms in total. The normalized spacial score (nSPS) is 21.9. The summed E-state index contributed by atoms with van der Waals surface area (Å²) in [6.07, 6.45) is 3.65. The van der Waals surface area contributed by atoms with Gasteiger partial charge in [-0.2, -0.15) is 0 Å². The molecular weight excluding hydrogens is 348 g/mol. The van der Waals surface area contributed by atoms with Crippen LogP contribution in [0.25, 0.3) is 0 Å². The van der Waals surface area contributed by atoms with E-state index in [0.29, 0.717) is 18.2 Å². The van der Waals surface area contributed by atoms with Crippen LogP contribution in [0.4, 0.5) is 0 Å². The van der Waals surface area contributed by atoms with E-state index in [1.165, 1.54) is 5.56 Å². The van der Waals surface area contributed by atoms with Crippen LogP contribution in [0.15, 0.2) is 65.1 Å². The third-order valence-electron chi connectivity index (χ3n) is 5.64. The molecule has 0 spiro atoms. The molecule has 0 radical (unpaired) electrons. The highest BCUT2D eigenvalue weighted by atomic mass is 16.4. The van der Waals surface area contributed by atoms with E-state index in [-0.39, 0.29) is 5.41 Å². The summed E-state index contributed by atoms with van der Waals surface area (Å²) in [6.45, 7) is 3.82. The molecule has 2 aromatic carbocycles. The molecule has 1 saturated heterocycles. The molecule has 4 rings (SSSR count). The standard InChI is InChI=1S/C23H28N4O/c1-22(24,15-18-9-4-2-5-10-18)20-26-27-21(28-20)23(13-8-14-25-17-23)16-19-11-6-3-7-12-19/h2-7,9-12,25H,8,13-17,24H2,1H3/t22-,23?/m1/s1. The Kier molecular flexibility index (Phi) is 5.29. The fraction of sp³-hybridized carbons (Fsp3) is 0.391. The Morgan fingerprint density at radius 1 is 1.04 bits per heavy atom. The third kappa shape index (κ3) is 4.01. The number of aromatic nitrogens is 2. The summed E-state index contributed by atoms with van der Waals surface area (Å²) in [4.78, 5) is 0. The number of hydrogen-bond acceptors (Lipinski definition) is 5. The van der Waals surface area contributed by atoms with Gasteiger partial charge in [-0.25, -0.2) is 0 Å². The van der Waals surface area contributed by atoms with Crippen LogP contribution in [0.2, 0.25) is 0 Å². The molecule has 3 N–H and O–H groups in total. The molecule has 1 unspecified atom stereocenters. The van der Waals surface area contributed by atoms with Crippen molar-refractivity contribution < 1.29 is 4.42 Å². The maximum absolute atomic E-state index is 6.60. The second kappa shape index (κ2) is 7.86. The molecule has 3 aromatic rings. The largest absolute Gasteiger partial charge is 0.423 e. The van der Waals surface area contributed by atoms with Crippen LogP contribution in [-0.2, 0) is 23.8 Å². The quantitative estimate of drug-likeness (QED) is 0.690. The van der Waals surface area contributed by atoms with Crippen molar-refractivity contribution in [1.29, 1.82) is 0 Å². The first-order valence-electron chi connectivity index (χ1n) is 9.99. The number of nitrogens with two attached hydrogens (primary N) is 1. The fourth-order valence-corrected chi connectivity index (χ4v) is 4.13. The predicted molar refractivity (Wildman–Crippen MR) is 110 cm³/mol. The number of nitrogens with one attached hydrogen (secondary N) is 1. The van der Waals surface area contributed by atoms with Crippen LogP contribution in [0.3, 0.4) is 0 Å². The topological polar surface area (TPSA) is 77.0 Å². The van der Waals surface area contributed by atoms with Crippen LogP contribution in [-0.4, -0.2) is 23.3 Å². The van der Waals surface area contributed by atoms with Gasteiger partial charge < -0.3 is 15.5 Å². The Labute approximate surface area is 166 Å². The number of benzene rings is 2. The van der Waals surface area contributed by atoms with Gasteiger partial charge in [0.1, 0.15) is 0 Å². The molecule has 1 aromatic heterocycles. The predicted octanol–water partition coefficient (Wildman–Crippen LogP) is 3.35. The van der Waals surface area contributed by atoms with E-state index >= 15 is 0 Å². The Bertz CT molecular complexity index is 883. The molecule has 2 atom stereocenters. The number of piperidine rings is 1. The van der Waals surface area contributed by atoms with Crippen molar-refractivity contribution in [3.63, 3.8) is 0 Å². The Hall–Kier alpha value is -2.50. The average molecular weight is 377 g/mol. The van der Waals surface area contributed by atoms with E-state index in [0.717, 1.165) is 37.9 Å². The first-order chi connectivity index (χ1) is 13.6. The van der Waals surface area contributed by atoms with Crippen LogP contribution in [0, 0.1) is 0 Å². The summed E-state index contributed by atoms with van der Waals surface area (Å²) in [5.41, 5.74) is 8.15. The molecule has 1 fully saturated rings. The van der Waals surface area contributed by atoms with Crippen LogP contribution < -0.4 is 11.1 Å². The SMILES string of the molecule is C[C@@](N)(Cc1ccccc1)c1nnc(C2(Cc3ccccc3)CCCNC2)o1. The van der Waals surface area contributed by atoms with E-state index in [2.05, 4.69) is 51.9 Å². The Morgan fingerprint density at radius 2 is 1.71 bits per heavy atom. The van der Waals surface area contributed by atoms with E-state index in [9.17, 15) is 0 Å². The van der Waals surface area contributed by atoms with Gasteiger partial charge in [-0.15, -0.1) is 10.2 Å². The van der Waals surface area contributed by atoms with Crippen molar-refractivity contribution in [3.05, 3.63) is 83.6 Å². The van der Waals surface area contributed by atoms with E-state index in [1.807, 2.05) is 31.2 Å². The third-order valence-corrected chi connectivity index (χ3v) is 5.64. The van der Waals surface area contributed by atoms with Crippen LogP contribution in [0.1, 0.15) is 42.7 Å². The van der Waals surface area contributed by atoms with Crippen molar-refractivity contribution in [2.24, 2.45) is 5.73 Å². The maximum Gasteiger partial charge on any atom is 0.236 e. The van der Waals surface area contributed by atoms with Crippen molar-refractivity contribution in [3.8, 4) is 0 Å². The van der Waals surface area contributed by atoms with Gasteiger partial charge in [-0.1, -0.05) is 60.7 Å². The number of rotatable bonds is 6. The molecule has 2 heterocycles. The molecular formula is C23H28N4O. The first-order valence-corrected chi connectivity index (χ1v) is 9.99. The number of nitrogens with zero attached hydrogens (tertiary/aromatic N) is 2. The lowest BCUT2D eigenvalue weighted by Gasteiger charge is -2.34. The molecule has 1 aliphatic heterocycles. The molecule has 0 amide bonds. The zero-order chi connectivity index (χ0) is 19.5. The van der Waals surface area contributed by atoms with Gasteiger partial charge in [0.25, 0.3) is 0 Å². The van der Waals surface area contributed by atoms with Crippen molar-refractivity contribution in [1.82, 2.24) is 15.5 Å². The zero-order valence-corrected chi connectivity index (χ0v) is 16.4. The molecule has 0 bridgehead atoms. The summed E-state index contributed by atoms with van der Waals surface area (Å²) < 4.78 is 6.25. The monoisotopic (exact) mass is 376 g/mol. The number of hydrogen-bond donors (Lipinski definition) is 2. The lowest BCUT2D eigenvalue weighted by atomic mass is 9.75. The van der Waals surface area contributed by atoms with Crippen LogP contribution in [0.5, 0.6) is 0 Å². The molecule has 1 aliphatic rings. The van der Waals surface area contributed by atoms with E-state index in [1.54, 1.807) is 0 Å². The Morgan fingerprint density at radius 3 is 2.36 bits per heavy atom. The summed E-state index contributed by atoms with van der Waals surface area (Å²) in [7, 11) is 0. The minimum absolute atomic E-state index is 0.187. The second-order valence-corrected chi connectivity index (χ2v) is 8.22. The molecule has 146 valence electrons. The molecule has 0 aliphatic carbocycles. The zero-order valence-electron chi connectivity index (χ0n) is 16.4. The second-order valence-electron chi connectivity index (χ2n) is 8.22. The van der Waals surface area contributed by atoms with Gasteiger partial charge in [0.05, 0.1) is 11.0 Å². The lowest BCUT2D eigenvalue weighted by molar-refractivity contribution is 0.231. The van der Waals surface area contributed by atoms with Gasteiger partial charge >= 0.3 is 0 Å². The fourth-order valence-electron chi connectivity index (χ4n) is 4.13. The van der Waals surface area contributed by atoms with Gasteiger partial charge in [-0.3, -0.25) is 0 Å². The summed E-state index contributed by atoms with van der Waals surface area (Å²) in [6, 6.07) is 20.7. The highest BCUT2D eigenvalue weighted by Crippen LogP contribution is 2.35. The summed E-state index contributed by atoms with van der Waals surface area (Å²) in [5, 5.41) is 12.4. The van der Waals surface area contributed by atoms with Crippen molar-refractivity contribution in [2.75, 3.05) is 13.1 Å². The minimum atomic E-state index is -0.706. The molecule has 28 heavy (non-hydrogen) atoms. The average Bonchev–Trinajstić information content (AvgIpc) is 3.22. The van der Waals surface area contributed by atoms with Crippen molar-refractivity contribution in [2.45, 2.75) is 43.6 Å². The van der Waals surface area contributed by atoms with Gasteiger partial charge in [-0.05, 0) is 50.3 Å². The van der Waals surface area contributed by atoms with Gasteiger partial charge in [0.15, 0.2) is 0 Å². The smallest absolute Gasteiger partial charge is 0.236 e. The minimum Gasteiger partial charge on any atom is -0.423 e. The van der Waals surface area contributed by atoms with E-state index < -0.39 is 5.54 Å². The highest BCUT2D eigenvalue weighted by molar-refractivity contribution is 5.23. The van der Waals surface area contributed by atoms with Gasteiger partial charge in [0, 0.05) is 6.54 Å². The summed E-state index contributed by atoms with van der Waals surface area (Å²) >= 11 is 0. The molecule has 0 saturated carbocycles. The molecule has 5 heteroatoms. The van der Waals surface area contributed by atoms with Crippen LogP contribution >= 0.6 is 0 Å². The van der Waals surface area contributed by atoms with Crippen molar-refractivity contribution >= 4 is 0 Å². The maximum atomic E-state index is 6.60. The van der Waals surface area contributed by atoms with Gasteiger partial charge in [0.2, 0.25) is 11.8 Å². The lowest BCUT2D eigenvalue weighted by Crippen LogP contribution is -2.45. The first kappa shape index (κ1) is 18.8.